The van der Waals surface area contributed by atoms with E-state index in [9.17, 15) is 19.8 Å². The zero-order valence-corrected chi connectivity index (χ0v) is 17.0. The molecule has 0 bridgehead atoms. The van der Waals surface area contributed by atoms with Gasteiger partial charge in [-0.3, -0.25) is 9.59 Å². The molecule has 1 rings (SSSR count). The lowest BCUT2D eigenvalue weighted by Crippen LogP contribution is -2.26. The summed E-state index contributed by atoms with van der Waals surface area (Å²) in [4.78, 5) is 23.4. The number of phenolic OH excluding ortho intramolecular Hbond substituents is 2. The van der Waals surface area contributed by atoms with Crippen molar-refractivity contribution in [2.75, 3.05) is 59.4 Å². The monoisotopic (exact) mass is 429 g/mol. The van der Waals surface area contributed by atoms with Gasteiger partial charge in [-0.25, -0.2) is 0 Å². The Morgan fingerprint density at radius 2 is 1.47 bits per heavy atom. The fraction of sp³-hybridized carbons (Fsp3) is 0.600. The molecule has 0 spiro atoms. The molecule has 0 aliphatic carbocycles. The molecule has 10 nitrogen and oxygen atoms in total. The molecule has 0 heterocycles. The van der Waals surface area contributed by atoms with E-state index in [0.717, 1.165) is 5.56 Å². The number of carbonyl (C=O) groups excluding carboxylic acids is 2. The van der Waals surface area contributed by atoms with Crippen LogP contribution in [0.25, 0.3) is 0 Å². The zero-order valence-electron chi connectivity index (χ0n) is 17.0. The topological polar surface area (TPSA) is 144 Å². The van der Waals surface area contributed by atoms with Crippen molar-refractivity contribution < 1.29 is 43.9 Å². The van der Waals surface area contributed by atoms with Gasteiger partial charge < -0.3 is 39.6 Å². The van der Waals surface area contributed by atoms with Crippen molar-refractivity contribution in [2.24, 2.45) is 0 Å². The van der Waals surface area contributed by atoms with Crippen LogP contribution < -0.4 is 5.32 Å². The Kier molecular flexibility index (Phi) is 14.0. The molecule has 0 saturated heterocycles. The summed E-state index contributed by atoms with van der Waals surface area (Å²) < 4.78 is 20.5. The number of ether oxygens (including phenoxy) is 4. The first kappa shape index (κ1) is 25.6. The van der Waals surface area contributed by atoms with Crippen LogP contribution >= 0.6 is 0 Å². The second-order valence-electron chi connectivity index (χ2n) is 6.20. The lowest BCUT2D eigenvalue weighted by molar-refractivity contribution is -0.146. The highest BCUT2D eigenvalue weighted by Crippen LogP contribution is 2.24. The highest BCUT2D eigenvalue weighted by atomic mass is 16.6. The fourth-order valence-corrected chi connectivity index (χ4v) is 2.27. The lowest BCUT2D eigenvalue weighted by atomic mass is 10.1. The summed E-state index contributed by atoms with van der Waals surface area (Å²) >= 11 is 0. The van der Waals surface area contributed by atoms with Gasteiger partial charge in [0.05, 0.1) is 52.7 Å². The Hall–Kier alpha value is -2.40. The number of hydrogen-bond acceptors (Lipinski definition) is 9. The number of rotatable bonds is 17. The summed E-state index contributed by atoms with van der Waals surface area (Å²) in [5.74, 6) is -1.15. The average molecular weight is 429 g/mol. The summed E-state index contributed by atoms with van der Waals surface area (Å²) in [6, 6.07) is 4.47. The zero-order chi connectivity index (χ0) is 22.0. The number of nitrogens with one attached hydrogen (secondary N) is 1. The van der Waals surface area contributed by atoms with E-state index in [1.807, 2.05) is 0 Å². The summed E-state index contributed by atoms with van der Waals surface area (Å²) in [5.41, 5.74) is 0.769. The minimum atomic E-state index is -0.477. The van der Waals surface area contributed by atoms with Crippen molar-refractivity contribution in [3.63, 3.8) is 0 Å². The second kappa shape index (κ2) is 16.4. The summed E-state index contributed by atoms with van der Waals surface area (Å²) in [6.45, 7) is 2.54. The van der Waals surface area contributed by atoms with E-state index in [4.69, 9.17) is 24.1 Å². The predicted octanol–water partition coefficient (Wildman–Crippen LogP) is 0.122. The van der Waals surface area contributed by atoms with Crippen molar-refractivity contribution >= 4 is 11.9 Å². The summed E-state index contributed by atoms with van der Waals surface area (Å²) in [5, 5.41) is 29.9. The number of carbonyl (C=O) groups is 2. The quantitative estimate of drug-likeness (QED) is 0.154. The van der Waals surface area contributed by atoms with Crippen LogP contribution in [0.2, 0.25) is 0 Å². The molecule has 0 atom stereocenters. The number of esters is 1. The Balaban J connectivity index is 1.94. The van der Waals surface area contributed by atoms with Gasteiger partial charge in [-0.2, -0.15) is 0 Å². The van der Waals surface area contributed by atoms with E-state index < -0.39 is 5.97 Å². The molecular weight excluding hydrogens is 398 g/mol. The third-order valence-electron chi connectivity index (χ3n) is 3.80. The molecule has 30 heavy (non-hydrogen) atoms. The molecule has 4 N–H and O–H groups in total. The molecule has 1 aromatic carbocycles. The molecule has 0 aromatic heterocycles. The normalized spacial score (nSPS) is 10.7. The average Bonchev–Trinajstić information content (AvgIpc) is 2.73. The Morgan fingerprint density at radius 1 is 0.833 bits per heavy atom. The van der Waals surface area contributed by atoms with Crippen LogP contribution in [0.4, 0.5) is 0 Å². The molecular formula is C20H31NO9. The molecule has 170 valence electrons. The molecule has 1 amide bonds. The van der Waals surface area contributed by atoms with Gasteiger partial charge in [-0.05, 0) is 24.1 Å². The highest BCUT2D eigenvalue weighted by Gasteiger charge is 2.08. The maximum Gasteiger partial charge on any atom is 0.306 e. The first-order chi connectivity index (χ1) is 14.5. The first-order valence-electron chi connectivity index (χ1n) is 9.80. The van der Waals surface area contributed by atoms with Crippen molar-refractivity contribution in [2.45, 2.75) is 19.3 Å². The van der Waals surface area contributed by atoms with Gasteiger partial charge in [0.2, 0.25) is 5.91 Å². The number of benzene rings is 1. The molecule has 0 radical (unpaired) electrons. The van der Waals surface area contributed by atoms with Gasteiger partial charge in [0.1, 0.15) is 6.61 Å². The largest absolute Gasteiger partial charge is 0.504 e. The number of aliphatic hydroxyl groups excluding tert-OH is 1. The van der Waals surface area contributed by atoms with Crippen LogP contribution in [0.3, 0.4) is 0 Å². The lowest BCUT2D eigenvalue weighted by Gasteiger charge is -2.08. The smallest absolute Gasteiger partial charge is 0.306 e. The van der Waals surface area contributed by atoms with Crippen molar-refractivity contribution in [3.8, 4) is 11.5 Å². The van der Waals surface area contributed by atoms with E-state index >= 15 is 0 Å². The van der Waals surface area contributed by atoms with Gasteiger partial charge in [0, 0.05) is 13.0 Å². The van der Waals surface area contributed by atoms with Gasteiger partial charge in [0.25, 0.3) is 0 Å². The molecule has 0 fully saturated rings. The Bertz CT molecular complexity index is 624. The van der Waals surface area contributed by atoms with Gasteiger partial charge in [0.15, 0.2) is 11.5 Å². The van der Waals surface area contributed by atoms with E-state index in [2.05, 4.69) is 5.32 Å². The third-order valence-corrected chi connectivity index (χ3v) is 3.80. The number of hydrogen-bond donors (Lipinski definition) is 4. The molecule has 0 saturated carbocycles. The van der Waals surface area contributed by atoms with Crippen LogP contribution in [0, 0.1) is 0 Å². The van der Waals surface area contributed by atoms with Crippen LogP contribution in [0.1, 0.15) is 18.4 Å². The highest BCUT2D eigenvalue weighted by molar-refractivity contribution is 5.81. The molecule has 0 unspecified atom stereocenters. The van der Waals surface area contributed by atoms with Crippen LogP contribution in [-0.4, -0.2) is 86.6 Å². The number of phenols is 2. The van der Waals surface area contributed by atoms with Crippen molar-refractivity contribution in [3.05, 3.63) is 23.8 Å². The minimum absolute atomic E-state index is 0.0142. The Morgan fingerprint density at radius 3 is 2.10 bits per heavy atom. The second-order valence-corrected chi connectivity index (χ2v) is 6.20. The SMILES string of the molecule is O=C(CCC(=O)OCCOCCOCCOCCO)NCCc1ccc(O)c(O)c1. The molecule has 0 aliphatic rings. The van der Waals surface area contributed by atoms with E-state index in [0.29, 0.717) is 39.4 Å². The number of aliphatic hydroxyl groups is 1. The predicted molar refractivity (Wildman–Crippen MR) is 106 cm³/mol. The van der Waals surface area contributed by atoms with E-state index in [1.165, 1.54) is 12.1 Å². The van der Waals surface area contributed by atoms with Crippen LogP contribution in [0.15, 0.2) is 18.2 Å². The standard InChI is InChI=1S/C20H31NO9/c22-7-8-27-9-10-28-11-12-29-13-14-30-20(26)4-3-19(25)21-6-5-16-1-2-17(23)18(24)15-16/h1-2,15,22-24H,3-14H2,(H,21,25). The molecule has 0 aliphatic heterocycles. The van der Waals surface area contributed by atoms with Crippen molar-refractivity contribution in [1.29, 1.82) is 0 Å². The summed E-state index contributed by atoms with van der Waals surface area (Å²) in [7, 11) is 0. The van der Waals surface area contributed by atoms with Crippen LogP contribution in [0.5, 0.6) is 11.5 Å². The Labute approximate surface area is 175 Å². The minimum Gasteiger partial charge on any atom is -0.504 e. The summed E-state index contributed by atoms with van der Waals surface area (Å²) in [6.07, 6.45) is 0.482. The number of amides is 1. The van der Waals surface area contributed by atoms with E-state index in [1.54, 1.807) is 6.07 Å². The van der Waals surface area contributed by atoms with Gasteiger partial charge >= 0.3 is 5.97 Å². The van der Waals surface area contributed by atoms with E-state index in [-0.39, 0.29) is 56.7 Å². The van der Waals surface area contributed by atoms with Crippen molar-refractivity contribution in [1.82, 2.24) is 5.32 Å². The maximum atomic E-state index is 11.8. The maximum absolute atomic E-state index is 11.8. The first-order valence-corrected chi connectivity index (χ1v) is 9.80. The third kappa shape index (κ3) is 12.9. The van der Waals surface area contributed by atoms with Gasteiger partial charge in [-0.15, -0.1) is 0 Å². The molecule has 1 aromatic rings. The fourth-order valence-electron chi connectivity index (χ4n) is 2.27. The number of aromatic hydroxyl groups is 2. The molecule has 10 heteroatoms. The van der Waals surface area contributed by atoms with Crippen LogP contribution in [-0.2, 0) is 35.0 Å². The van der Waals surface area contributed by atoms with Gasteiger partial charge in [-0.1, -0.05) is 6.07 Å².